The molecule has 4 N–H and O–H groups in total. The third kappa shape index (κ3) is 1.27. The van der Waals surface area contributed by atoms with E-state index >= 15 is 0 Å². The molecular weight excluding hydrogens is 188 g/mol. The Labute approximate surface area is 80.5 Å². The summed E-state index contributed by atoms with van der Waals surface area (Å²) in [4.78, 5) is 34.2. The average molecular weight is 200 g/mol. The van der Waals surface area contributed by atoms with Crippen LogP contribution in [-0.2, 0) is 14.4 Å². The van der Waals surface area contributed by atoms with Gasteiger partial charge in [-0.25, -0.2) is 0 Å². The van der Waals surface area contributed by atoms with Crippen LogP contribution in [0.1, 0.15) is 19.3 Å². The molecule has 2 fully saturated rings. The van der Waals surface area contributed by atoms with Gasteiger partial charge in [0.15, 0.2) is 0 Å². The summed E-state index contributed by atoms with van der Waals surface area (Å²) in [7, 11) is 0. The van der Waals surface area contributed by atoms with Crippen molar-refractivity contribution in [1.29, 1.82) is 0 Å². The lowest BCUT2D eigenvalue weighted by atomic mass is 10.0. The monoisotopic (exact) mass is 200 g/mol. The van der Waals surface area contributed by atoms with Gasteiger partial charge in [-0.2, -0.15) is 0 Å². The molecule has 0 bridgehead atoms. The van der Waals surface area contributed by atoms with Crippen LogP contribution in [0.5, 0.6) is 0 Å². The first-order chi connectivity index (χ1) is 6.11. The summed E-state index contributed by atoms with van der Waals surface area (Å²) >= 11 is 0. The first kappa shape index (κ1) is 10.6. The van der Waals surface area contributed by atoms with Crippen molar-refractivity contribution < 1.29 is 19.5 Å². The predicted molar refractivity (Wildman–Crippen MR) is 45.6 cm³/mol. The van der Waals surface area contributed by atoms with Crippen molar-refractivity contribution in [2.75, 3.05) is 0 Å². The van der Waals surface area contributed by atoms with Gasteiger partial charge < -0.3 is 11.3 Å². The Bertz CT molecular complexity index is 302. The number of imide groups is 1. The van der Waals surface area contributed by atoms with Crippen molar-refractivity contribution in [3.05, 3.63) is 0 Å². The van der Waals surface area contributed by atoms with Gasteiger partial charge in [0.1, 0.15) is 5.92 Å². The lowest BCUT2D eigenvalue weighted by Gasteiger charge is -2.11. The fourth-order valence-electron chi connectivity index (χ4n) is 2.02. The summed E-state index contributed by atoms with van der Waals surface area (Å²) < 4.78 is 0. The summed E-state index contributed by atoms with van der Waals surface area (Å²) in [5, 5.41) is 8.67. The molecule has 0 saturated carbocycles. The normalized spacial score (nSPS) is 30.1. The van der Waals surface area contributed by atoms with E-state index in [0.29, 0.717) is 19.3 Å². The Morgan fingerprint density at radius 1 is 1.43 bits per heavy atom. The molecule has 2 heterocycles. The quantitative estimate of drug-likeness (QED) is 0.448. The highest BCUT2D eigenvalue weighted by Crippen LogP contribution is 2.33. The minimum Gasteiger partial charge on any atom is -0.481 e. The van der Waals surface area contributed by atoms with E-state index < -0.39 is 17.8 Å². The molecule has 6 nitrogen and oxygen atoms in total. The number of hydrogen-bond acceptors (Lipinski definition) is 4. The van der Waals surface area contributed by atoms with Crippen molar-refractivity contribution >= 4 is 17.8 Å². The lowest BCUT2D eigenvalue weighted by molar-refractivity contribution is -0.149. The van der Waals surface area contributed by atoms with Crippen LogP contribution in [-0.4, -0.2) is 33.8 Å². The highest BCUT2D eigenvalue weighted by Gasteiger charge is 2.49. The molecule has 0 aliphatic carbocycles. The zero-order valence-corrected chi connectivity index (χ0v) is 7.60. The van der Waals surface area contributed by atoms with E-state index in [1.807, 2.05) is 0 Å². The molecule has 2 atom stereocenters. The second-order valence-electron chi connectivity index (χ2n) is 3.42. The van der Waals surface area contributed by atoms with Crippen LogP contribution in [0, 0.1) is 5.92 Å². The summed E-state index contributed by atoms with van der Waals surface area (Å²) in [6, 6.07) is -0.152. The van der Waals surface area contributed by atoms with Gasteiger partial charge in [0, 0.05) is 12.5 Å². The molecule has 6 heteroatoms. The fraction of sp³-hybridized carbons (Fsp3) is 0.625. The highest BCUT2D eigenvalue weighted by atomic mass is 16.4. The van der Waals surface area contributed by atoms with E-state index in [-0.39, 0.29) is 18.1 Å². The molecule has 2 amide bonds. The van der Waals surface area contributed by atoms with Gasteiger partial charge in [0.05, 0.1) is 0 Å². The molecule has 0 aromatic heterocycles. The Morgan fingerprint density at radius 3 is 2.57 bits per heavy atom. The van der Waals surface area contributed by atoms with E-state index in [2.05, 4.69) is 0 Å². The summed E-state index contributed by atoms with van der Waals surface area (Å²) in [5.74, 6) is -2.86. The SMILES string of the molecule is N.O=C(O)C1CC2CCC(=O)N2C1=O. The van der Waals surface area contributed by atoms with Crippen LogP contribution in [0.3, 0.4) is 0 Å². The summed E-state index contributed by atoms with van der Waals surface area (Å²) in [5.41, 5.74) is 0. The second kappa shape index (κ2) is 3.38. The summed E-state index contributed by atoms with van der Waals surface area (Å²) in [6.45, 7) is 0. The average Bonchev–Trinajstić information content (AvgIpc) is 2.55. The zero-order valence-electron chi connectivity index (χ0n) is 7.60. The predicted octanol–water partition coefficient (Wildman–Crippen LogP) is -0.230. The second-order valence-corrected chi connectivity index (χ2v) is 3.42. The third-order valence-corrected chi connectivity index (χ3v) is 2.67. The van der Waals surface area contributed by atoms with Crippen LogP contribution in [0.4, 0.5) is 0 Å². The molecule has 14 heavy (non-hydrogen) atoms. The number of carboxylic acids is 1. The largest absolute Gasteiger partial charge is 0.481 e. The van der Waals surface area contributed by atoms with E-state index in [4.69, 9.17) is 5.11 Å². The Hall–Kier alpha value is -1.43. The number of fused-ring (bicyclic) bond motifs is 1. The Kier molecular flexibility index (Phi) is 2.57. The highest BCUT2D eigenvalue weighted by molar-refractivity contribution is 6.07. The standard InChI is InChI=1S/C8H9NO4.H3N/c10-6-2-1-4-3-5(8(12)13)7(11)9(4)6;/h4-5H,1-3H2,(H,12,13);1H3. The van der Waals surface area contributed by atoms with Gasteiger partial charge in [-0.1, -0.05) is 0 Å². The molecule has 0 radical (unpaired) electrons. The summed E-state index contributed by atoms with van der Waals surface area (Å²) in [6.07, 6.45) is 1.29. The van der Waals surface area contributed by atoms with E-state index in [0.717, 1.165) is 4.90 Å². The van der Waals surface area contributed by atoms with Crippen LogP contribution >= 0.6 is 0 Å². The first-order valence-corrected chi connectivity index (χ1v) is 4.20. The molecule has 0 aromatic rings. The molecule has 2 unspecified atom stereocenters. The van der Waals surface area contributed by atoms with Crippen molar-refractivity contribution in [3.8, 4) is 0 Å². The zero-order chi connectivity index (χ0) is 9.59. The number of amides is 2. The molecular formula is C8H12N2O4. The van der Waals surface area contributed by atoms with E-state index in [1.165, 1.54) is 0 Å². The minimum atomic E-state index is -1.12. The van der Waals surface area contributed by atoms with Crippen LogP contribution < -0.4 is 6.15 Å². The van der Waals surface area contributed by atoms with Crippen molar-refractivity contribution in [2.45, 2.75) is 25.3 Å². The maximum Gasteiger partial charge on any atom is 0.316 e. The first-order valence-electron chi connectivity index (χ1n) is 4.20. The van der Waals surface area contributed by atoms with Gasteiger partial charge in [0.2, 0.25) is 11.8 Å². The number of nitrogens with zero attached hydrogens (tertiary/aromatic N) is 1. The fourth-order valence-corrected chi connectivity index (χ4v) is 2.02. The molecule has 0 spiro atoms. The van der Waals surface area contributed by atoms with Crippen LogP contribution in [0.25, 0.3) is 0 Å². The third-order valence-electron chi connectivity index (χ3n) is 2.67. The van der Waals surface area contributed by atoms with Gasteiger partial charge in [-0.3, -0.25) is 19.3 Å². The van der Waals surface area contributed by atoms with Crippen molar-refractivity contribution in [2.24, 2.45) is 5.92 Å². The Morgan fingerprint density at radius 2 is 2.07 bits per heavy atom. The Balaban J connectivity index is 0.000000980. The van der Waals surface area contributed by atoms with Crippen LogP contribution in [0.15, 0.2) is 0 Å². The molecule has 2 aliphatic heterocycles. The number of carboxylic acid groups (broad SMARTS) is 1. The van der Waals surface area contributed by atoms with E-state index in [1.54, 1.807) is 0 Å². The van der Waals surface area contributed by atoms with Gasteiger partial charge in [-0.15, -0.1) is 0 Å². The van der Waals surface area contributed by atoms with Gasteiger partial charge >= 0.3 is 5.97 Å². The molecule has 78 valence electrons. The number of rotatable bonds is 1. The molecule has 2 aliphatic rings. The number of hydrogen-bond donors (Lipinski definition) is 2. The lowest BCUT2D eigenvalue weighted by Crippen LogP contribution is -2.34. The number of aliphatic carboxylic acids is 1. The number of carbonyl (C=O) groups is 3. The van der Waals surface area contributed by atoms with Crippen molar-refractivity contribution in [3.63, 3.8) is 0 Å². The maximum atomic E-state index is 11.4. The minimum absolute atomic E-state index is 0. The van der Waals surface area contributed by atoms with Gasteiger partial charge in [0.25, 0.3) is 0 Å². The van der Waals surface area contributed by atoms with Gasteiger partial charge in [-0.05, 0) is 12.8 Å². The van der Waals surface area contributed by atoms with Crippen LogP contribution in [0.2, 0.25) is 0 Å². The molecule has 0 aromatic carbocycles. The maximum absolute atomic E-state index is 11.4. The molecule has 2 rings (SSSR count). The topological polar surface area (TPSA) is 110 Å². The van der Waals surface area contributed by atoms with E-state index in [9.17, 15) is 14.4 Å². The van der Waals surface area contributed by atoms with Crippen molar-refractivity contribution in [1.82, 2.24) is 11.1 Å². The number of carbonyl (C=O) groups excluding carboxylic acids is 2. The molecule has 2 saturated heterocycles. The smallest absolute Gasteiger partial charge is 0.316 e.